The molecule has 16 rings (SSSR count). The van der Waals surface area contributed by atoms with Crippen LogP contribution in [0.1, 0.15) is 175 Å². The number of nitrogens with zero attached hydrogens (tertiary/aromatic N) is 6. The average molecular weight is 1930 g/mol. The first-order valence-electron chi connectivity index (χ1n) is 42.9. The number of imidazole rings is 2. The first kappa shape index (κ1) is 79.0. The largest absolute Gasteiger partial charge is 0.507 e. The van der Waals surface area contributed by atoms with Crippen molar-refractivity contribution in [2.45, 2.75) is 166 Å². The van der Waals surface area contributed by atoms with Crippen LogP contribution in [0.2, 0.25) is 0 Å². The molecule has 16 aromatic rings. The number of aryl methyl sites for hydroxylation is 7. The van der Waals surface area contributed by atoms with Crippen LogP contribution in [0.15, 0.2) is 255 Å². The maximum atomic E-state index is 11.8. The van der Waals surface area contributed by atoms with Crippen LogP contribution in [0.5, 0.6) is 11.5 Å². The second-order valence-corrected chi connectivity index (χ2v) is 35.2. The minimum atomic E-state index is -2.57. The van der Waals surface area contributed by atoms with Crippen molar-refractivity contribution in [1.29, 1.82) is 0 Å². The van der Waals surface area contributed by atoms with Gasteiger partial charge in [0.1, 0.15) is 23.1 Å². The second-order valence-electron chi connectivity index (χ2n) is 35.2. The summed E-state index contributed by atoms with van der Waals surface area (Å²) >= 11 is 0. The number of hydrogen-bond donors (Lipinski definition) is 2. The zero-order valence-electron chi connectivity index (χ0n) is 76.5. The third-order valence-electron chi connectivity index (χ3n) is 22.5. The standard InChI is InChI=1S/C56H56N3O.C53H50N3O.2Pt/c1-33(2)42-26-43(34(3)4)28-44(27-42)40-19-20-51(37(7)25-40)59-52-14-12-13-48(53(52)58-55(59)49-24-36(6)23-38(8)54(49)60)45-29-46(31-47(30-45)56(9,10)11)50-32-41(21-22-57-50)39-17-15-35(5)16-18-39;1-33-18-20-36(21-19-33)38-24-25-54-46(31-38)40-28-39(29-42(30-40)53(7,8)9)43-16-13-17-48-49(43)55-51(45-27-34(2)26-35(3)50(45)57)56(48)47-23-22-41(52(4,5)6)32-44(47)37-14-11-10-12-15-37;;/h12-28,30-34,60H,1-11H3;10-27,29-32,57H,1-9H3;;/q2*-1;;/i7D3,33D,34D;;;. The molecule has 0 aliphatic heterocycles. The topological polar surface area (TPSA) is 102 Å². The average Bonchev–Trinajstić information content (AvgIpc) is 1.57. The molecule has 0 saturated heterocycles. The monoisotopic (exact) mass is 1930 g/mol. The van der Waals surface area contributed by atoms with E-state index in [0.29, 0.717) is 50.6 Å². The van der Waals surface area contributed by atoms with Crippen LogP contribution in [0.3, 0.4) is 0 Å². The van der Waals surface area contributed by atoms with Gasteiger partial charge < -0.3 is 10.2 Å². The maximum absolute atomic E-state index is 11.8. The molecule has 2 N–H and O–H groups in total. The van der Waals surface area contributed by atoms with Crippen LogP contribution in [0.4, 0.5) is 0 Å². The molecule has 0 amide bonds. The SMILES string of the molecule is Cc1ccc(-c2ccnc(-c3[c-]c(-c4cccc5c4nc(-c4cc(C)cc(C)c4O)n5-c4ccc(C(C)(C)C)cc4-c4ccccc4)cc(C(C)(C)C)c3)c2)cc1.[2H]C([2H])([2H])c1cc(-c2cc(C([2H])(C)C)cc(C([2H])(C)C)c2)ccc1-n1c(-c2cc(C)cc(C)c2O)nc2c(-c3[c-]c(-c4cc(-c5ccc(C)cc5)ccn4)cc(C(C)(C)C)c3)cccc21.[Pt].[Pt]. The van der Waals surface area contributed by atoms with Gasteiger partial charge in [0.05, 0.1) is 44.6 Å². The number of aromatic nitrogens is 6. The predicted octanol–water partition coefficient (Wildman–Crippen LogP) is 28.8. The molecule has 8 nitrogen and oxygen atoms in total. The molecule has 119 heavy (non-hydrogen) atoms. The van der Waals surface area contributed by atoms with Crippen molar-refractivity contribution in [2.24, 2.45) is 0 Å². The Morgan fingerprint density at radius 3 is 1.20 bits per heavy atom. The van der Waals surface area contributed by atoms with Gasteiger partial charge in [-0.15, -0.1) is 58.7 Å². The number of pyridine rings is 2. The van der Waals surface area contributed by atoms with Crippen LogP contribution >= 0.6 is 0 Å². The number of aromatic hydroxyl groups is 2. The maximum Gasteiger partial charge on any atom is 0.148 e. The second kappa shape index (κ2) is 34.3. The Hall–Kier alpha value is -11.1. The number of para-hydroxylation sites is 2. The van der Waals surface area contributed by atoms with Gasteiger partial charge in [0.15, 0.2) is 0 Å². The zero-order chi connectivity index (χ0) is 87.2. The van der Waals surface area contributed by atoms with Crippen molar-refractivity contribution in [2.75, 3.05) is 0 Å². The normalized spacial score (nSPS) is 12.7. The summed E-state index contributed by atoms with van der Waals surface area (Å²) in [6.45, 7) is 36.7. The van der Waals surface area contributed by atoms with Gasteiger partial charge >= 0.3 is 0 Å². The van der Waals surface area contributed by atoms with Crippen molar-refractivity contribution >= 4 is 22.1 Å². The molecular formula is C109H106N6O2Pt2-2. The number of benzene rings is 12. The van der Waals surface area contributed by atoms with E-state index in [1.54, 1.807) is 6.07 Å². The molecule has 12 aromatic carbocycles. The van der Waals surface area contributed by atoms with E-state index in [1.165, 1.54) is 22.3 Å². The van der Waals surface area contributed by atoms with Gasteiger partial charge in [-0.1, -0.05) is 281 Å². The number of rotatable bonds is 14. The first-order chi connectivity index (χ1) is 57.5. The van der Waals surface area contributed by atoms with E-state index in [2.05, 4.69) is 258 Å². The number of hydrogen-bond acceptors (Lipinski definition) is 6. The fourth-order valence-electron chi connectivity index (χ4n) is 15.7. The summed E-state index contributed by atoms with van der Waals surface area (Å²) in [6, 6.07) is 90.4. The molecule has 0 saturated carbocycles. The van der Waals surface area contributed by atoms with Crippen molar-refractivity contribution in [1.82, 2.24) is 29.1 Å². The van der Waals surface area contributed by atoms with Crippen molar-refractivity contribution < 1.29 is 59.2 Å². The van der Waals surface area contributed by atoms with E-state index in [-0.39, 0.29) is 75.4 Å². The Bertz CT molecular complexity index is 6700. The van der Waals surface area contributed by atoms with Crippen LogP contribution in [-0.2, 0) is 58.4 Å². The molecule has 0 aliphatic rings. The minimum Gasteiger partial charge on any atom is -0.507 e. The Morgan fingerprint density at radius 2 is 0.765 bits per heavy atom. The van der Waals surface area contributed by atoms with Gasteiger partial charge in [-0.2, -0.15) is 0 Å². The fourth-order valence-corrected chi connectivity index (χ4v) is 15.7. The summed E-state index contributed by atoms with van der Waals surface area (Å²) < 4.78 is 48.8. The zero-order valence-corrected chi connectivity index (χ0v) is 76.0. The Kier molecular flexibility index (Phi) is 22.8. The molecule has 0 unspecified atom stereocenters. The number of fused-ring (bicyclic) bond motifs is 2. The molecule has 0 bridgehead atoms. The third kappa shape index (κ3) is 17.8. The van der Waals surface area contributed by atoms with Crippen molar-refractivity contribution in [3.05, 3.63) is 334 Å². The predicted molar refractivity (Wildman–Crippen MR) is 491 cm³/mol. The Labute approximate surface area is 740 Å². The molecule has 0 atom stereocenters. The molecule has 0 spiro atoms. The summed E-state index contributed by atoms with van der Waals surface area (Å²) in [7, 11) is 0. The van der Waals surface area contributed by atoms with E-state index in [1.807, 2.05) is 144 Å². The smallest absolute Gasteiger partial charge is 0.148 e. The quantitative estimate of drug-likeness (QED) is 0.105. The molecule has 0 fully saturated rings. The van der Waals surface area contributed by atoms with Crippen LogP contribution in [-0.4, -0.2) is 39.3 Å². The molecule has 4 aromatic heterocycles. The van der Waals surface area contributed by atoms with Gasteiger partial charge in [-0.25, -0.2) is 9.97 Å². The molecule has 0 aliphatic carbocycles. The van der Waals surface area contributed by atoms with Crippen molar-refractivity contribution in [3.8, 4) is 135 Å². The summed E-state index contributed by atoms with van der Waals surface area (Å²) in [5.74, 6) is -0.538. The van der Waals surface area contributed by atoms with E-state index < -0.39 is 18.6 Å². The summed E-state index contributed by atoms with van der Waals surface area (Å²) in [6.07, 6.45) is 3.73. The minimum absolute atomic E-state index is 0. The van der Waals surface area contributed by atoms with E-state index in [9.17, 15) is 10.2 Å². The molecule has 606 valence electrons. The van der Waals surface area contributed by atoms with Gasteiger partial charge in [-0.05, 0) is 221 Å². The van der Waals surface area contributed by atoms with Gasteiger partial charge in [-0.3, -0.25) is 19.1 Å². The third-order valence-corrected chi connectivity index (χ3v) is 22.5. The van der Waals surface area contributed by atoms with Crippen LogP contribution < -0.4 is 0 Å². The molecule has 0 radical (unpaired) electrons. The van der Waals surface area contributed by atoms with Gasteiger partial charge in [0, 0.05) is 78.3 Å². The summed E-state index contributed by atoms with van der Waals surface area (Å²) in [5.41, 5.74) is 31.0. The molecular weight excluding hydrogens is 1820 g/mol. The Morgan fingerprint density at radius 1 is 0.345 bits per heavy atom. The fraction of sp³-hybridized carbons (Fsp3) is 0.229. The van der Waals surface area contributed by atoms with Gasteiger partial charge in [0.2, 0.25) is 0 Å². The van der Waals surface area contributed by atoms with E-state index in [4.69, 9.17) is 26.8 Å². The molecule has 4 heterocycles. The van der Waals surface area contributed by atoms with E-state index in [0.717, 1.165) is 134 Å². The number of phenols is 2. The Balaban J connectivity index is 0.000000211. The van der Waals surface area contributed by atoms with Gasteiger partial charge in [0.25, 0.3) is 0 Å². The first-order valence-corrected chi connectivity index (χ1v) is 40.4. The van der Waals surface area contributed by atoms with Crippen LogP contribution in [0.25, 0.3) is 145 Å². The van der Waals surface area contributed by atoms with E-state index >= 15 is 0 Å². The summed E-state index contributed by atoms with van der Waals surface area (Å²) in [4.78, 5) is 20.6. The summed E-state index contributed by atoms with van der Waals surface area (Å²) in [5, 5.41) is 23.5. The van der Waals surface area contributed by atoms with Crippen molar-refractivity contribution in [3.63, 3.8) is 0 Å². The number of phenolic OH excluding ortho intramolecular Hbond substituents is 2. The van der Waals surface area contributed by atoms with Crippen LogP contribution in [0, 0.1) is 60.5 Å². The molecule has 10 heteroatoms.